The van der Waals surface area contributed by atoms with Gasteiger partial charge in [0, 0.05) is 0 Å². The molecule has 0 saturated carbocycles. The van der Waals surface area contributed by atoms with Crippen molar-refractivity contribution in [1.29, 1.82) is 0 Å². The van der Waals surface area contributed by atoms with E-state index in [1.54, 1.807) is 6.92 Å². The molecule has 0 aliphatic heterocycles. The lowest BCUT2D eigenvalue weighted by atomic mass is 9.72. The second-order valence-corrected chi connectivity index (χ2v) is 6.47. The molecule has 1 aliphatic rings. The zero-order valence-electron chi connectivity index (χ0n) is 13.3. The van der Waals surface area contributed by atoms with Crippen LogP contribution in [0.3, 0.4) is 0 Å². The minimum Gasteiger partial charge on any atom is -0.389 e. The third-order valence-electron chi connectivity index (χ3n) is 4.73. The van der Waals surface area contributed by atoms with Gasteiger partial charge in [-0.2, -0.15) is 0 Å². The van der Waals surface area contributed by atoms with Crippen LogP contribution in [0.4, 0.5) is 0 Å². The first-order valence-corrected chi connectivity index (χ1v) is 7.67. The summed E-state index contributed by atoms with van der Waals surface area (Å²) in [5, 5.41) is 31.0. The highest BCUT2D eigenvalue weighted by molar-refractivity contribution is 5.13. The van der Waals surface area contributed by atoms with Gasteiger partial charge >= 0.3 is 0 Å². The summed E-state index contributed by atoms with van der Waals surface area (Å²) in [6.07, 6.45) is 7.45. The number of rotatable bonds is 6. The third-order valence-corrected chi connectivity index (χ3v) is 4.73. The predicted octanol–water partition coefficient (Wildman–Crippen LogP) is 3.10. The standard InChI is InChI=1S/C17H30O3/c1-5-15(18)14(3)7-6-10-16(4,19)17(20)11-8-13(2)9-12-17/h7-8,15,18-20H,5-6,9-12H2,1-4H3/b14-7-/t15-,16+,17-/m1/s1. The Morgan fingerprint density at radius 1 is 1.55 bits per heavy atom. The van der Waals surface area contributed by atoms with Crippen molar-refractivity contribution in [2.24, 2.45) is 0 Å². The van der Waals surface area contributed by atoms with E-state index in [1.165, 1.54) is 5.57 Å². The predicted molar refractivity (Wildman–Crippen MR) is 82.5 cm³/mol. The molecule has 0 spiro atoms. The van der Waals surface area contributed by atoms with Gasteiger partial charge in [0.2, 0.25) is 0 Å². The van der Waals surface area contributed by atoms with E-state index in [4.69, 9.17) is 0 Å². The highest BCUT2D eigenvalue weighted by Gasteiger charge is 2.44. The van der Waals surface area contributed by atoms with Crippen LogP contribution in [0.2, 0.25) is 0 Å². The molecule has 0 aromatic rings. The van der Waals surface area contributed by atoms with Gasteiger partial charge in [0.1, 0.15) is 0 Å². The topological polar surface area (TPSA) is 60.7 Å². The maximum Gasteiger partial charge on any atom is 0.0968 e. The van der Waals surface area contributed by atoms with Crippen LogP contribution >= 0.6 is 0 Å². The molecular formula is C17H30O3. The third kappa shape index (κ3) is 4.18. The quantitative estimate of drug-likeness (QED) is 0.656. The van der Waals surface area contributed by atoms with E-state index in [2.05, 4.69) is 6.92 Å². The normalized spacial score (nSPS) is 28.8. The van der Waals surface area contributed by atoms with Gasteiger partial charge in [0.25, 0.3) is 0 Å². The Morgan fingerprint density at radius 3 is 2.70 bits per heavy atom. The van der Waals surface area contributed by atoms with Gasteiger partial charge in [-0.15, -0.1) is 0 Å². The first-order valence-electron chi connectivity index (χ1n) is 7.67. The minimum atomic E-state index is -1.10. The molecule has 0 aromatic carbocycles. The van der Waals surface area contributed by atoms with Gasteiger partial charge in [-0.3, -0.25) is 0 Å². The molecule has 3 heteroatoms. The Labute approximate surface area is 123 Å². The molecule has 3 nitrogen and oxygen atoms in total. The second kappa shape index (κ2) is 6.88. The maximum absolute atomic E-state index is 10.7. The fraction of sp³-hybridized carbons (Fsp3) is 0.765. The van der Waals surface area contributed by atoms with Crippen LogP contribution < -0.4 is 0 Å². The van der Waals surface area contributed by atoms with Crippen LogP contribution in [0, 0.1) is 0 Å². The molecule has 0 saturated heterocycles. The van der Waals surface area contributed by atoms with E-state index in [1.807, 2.05) is 26.0 Å². The molecule has 0 fully saturated rings. The van der Waals surface area contributed by atoms with Crippen molar-refractivity contribution >= 4 is 0 Å². The first kappa shape index (κ1) is 17.4. The number of allylic oxidation sites excluding steroid dienone is 2. The lowest BCUT2D eigenvalue weighted by molar-refractivity contribution is -0.149. The van der Waals surface area contributed by atoms with Crippen LogP contribution in [0.25, 0.3) is 0 Å². The summed E-state index contributed by atoms with van der Waals surface area (Å²) in [6, 6.07) is 0. The first-order chi connectivity index (χ1) is 9.22. The summed E-state index contributed by atoms with van der Waals surface area (Å²) in [5.41, 5.74) is 0.0948. The highest BCUT2D eigenvalue weighted by atomic mass is 16.4. The van der Waals surface area contributed by atoms with Gasteiger partial charge < -0.3 is 15.3 Å². The highest BCUT2D eigenvalue weighted by Crippen LogP contribution is 2.38. The van der Waals surface area contributed by atoms with Gasteiger partial charge in [0.15, 0.2) is 0 Å². The van der Waals surface area contributed by atoms with E-state index in [0.717, 1.165) is 12.0 Å². The van der Waals surface area contributed by atoms with Gasteiger partial charge in [-0.25, -0.2) is 0 Å². The van der Waals surface area contributed by atoms with E-state index >= 15 is 0 Å². The average Bonchev–Trinajstić information content (AvgIpc) is 2.40. The molecule has 0 unspecified atom stereocenters. The molecule has 116 valence electrons. The van der Waals surface area contributed by atoms with Gasteiger partial charge in [-0.05, 0) is 64.9 Å². The molecule has 1 rings (SSSR count). The molecule has 1 aliphatic carbocycles. The fourth-order valence-corrected chi connectivity index (χ4v) is 2.71. The number of hydrogen-bond donors (Lipinski definition) is 3. The van der Waals surface area contributed by atoms with Crippen LogP contribution in [0.1, 0.15) is 66.2 Å². The Hall–Kier alpha value is -0.640. The van der Waals surface area contributed by atoms with Crippen molar-refractivity contribution in [2.45, 2.75) is 83.5 Å². The minimum absolute atomic E-state index is 0.400. The fourth-order valence-electron chi connectivity index (χ4n) is 2.71. The van der Waals surface area contributed by atoms with Crippen molar-refractivity contribution in [2.75, 3.05) is 0 Å². The Balaban J connectivity index is 2.62. The molecule has 0 amide bonds. The van der Waals surface area contributed by atoms with Gasteiger partial charge in [-0.1, -0.05) is 24.6 Å². The molecule has 3 N–H and O–H groups in total. The zero-order valence-corrected chi connectivity index (χ0v) is 13.3. The van der Waals surface area contributed by atoms with Crippen molar-refractivity contribution in [3.63, 3.8) is 0 Å². The van der Waals surface area contributed by atoms with Gasteiger partial charge in [0.05, 0.1) is 17.3 Å². The summed E-state index contributed by atoms with van der Waals surface area (Å²) in [7, 11) is 0. The maximum atomic E-state index is 10.7. The largest absolute Gasteiger partial charge is 0.389 e. The van der Waals surface area contributed by atoms with Crippen molar-refractivity contribution in [3.05, 3.63) is 23.3 Å². The van der Waals surface area contributed by atoms with Crippen LogP contribution in [0.5, 0.6) is 0 Å². The lowest BCUT2D eigenvalue weighted by Gasteiger charge is -2.43. The molecule has 0 aromatic heterocycles. The molecule has 0 radical (unpaired) electrons. The Morgan fingerprint density at radius 2 is 2.20 bits per heavy atom. The van der Waals surface area contributed by atoms with E-state index in [9.17, 15) is 15.3 Å². The van der Waals surface area contributed by atoms with Crippen molar-refractivity contribution in [1.82, 2.24) is 0 Å². The van der Waals surface area contributed by atoms with Crippen LogP contribution in [-0.2, 0) is 0 Å². The summed E-state index contributed by atoms with van der Waals surface area (Å²) in [6.45, 7) is 7.63. The summed E-state index contributed by atoms with van der Waals surface area (Å²) in [4.78, 5) is 0. The van der Waals surface area contributed by atoms with E-state index < -0.39 is 17.3 Å². The smallest absolute Gasteiger partial charge is 0.0968 e. The average molecular weight is 282 g/mol. The Kier molecular flexibility index (Phi) is 5.99. The molecule has 0 bridgehead atoms. The lowest BCUT2D eigenvalue weighted by Crippen LogP contribution is -2.52. The van der Waals surface area contributed by atoms with E-state index in [-0.39, 0.29) is 0 Å². The zero-order chi connectivity index (χ0) is 15.4. The van der Waals surface area contributed by atoms with Crippen molar-refractivity contribution < 1.29 is 15.3 Å². The molecular weight excluding hydrogens is 252 g/mol. The molecule has 20 heavy (non-hydrogen) atoms. The summed E-state index contributed by atoms with van der Waals surface area (Å²) in [5.74, 6) is 0. The summed E-state index contributed by atoms with van der Waals surface area (Å²) < 4.78 is 0. The second-order valence-electron chi connectivity index (χ2n) is 6.47. The monoisotopic (exact) mass is 282 g/mol. The molecule has 0 heterocycles. The van der Waals surface area contributed by atoms with Crippen LogP contribution in [-0.4, -0.2) is 32.6 Å². The SMILES string of the molecule is CC[C@@H](O)/C(C)=C\CC[C@](C)(O)[C@@]1(O)CC=C(C)CC1. The number of hydrogen-bond acceptors (Lipinski definition) is 3. The van der Waals surface area contributed by atoms with Crippen LogP contribution in [0.15, 0.2) is 23.3 Å². The number of aliphatic hydroxyl groups excluding tert-OH is 1. The molecule has 3 atom stereocenters. The Bertz CT molecular complexity index is 382. The number of aliphatic hydroxyl groups is 3. The summed E-state index contributed by atoms with van der Waals surface area (Å²) >= 11 is 0. The van der Waals surface area contributed by atoms with E-state index in [0.29, 0.717) is 32.1 Å². The van der Waals surface area contributed by atoms with Crippen molar-refractivity contribution in [3.8, 4) is 0 Å².